The first kappa shape index (κ1) is 14.3. The number of rotatable bonds is 4. The number of aryl methyl sites for hydroxylation is 1. The summed E-state index contributed by atoms with van der Waals surface area (Å²) in [5.74, 6) is 0.688. The van der Waals surface area contributed by atoms with Crippen molar-refractivity contribution in [3.63, 3.8) is 0 Å². The van der Waals surface area contributed by atoms with E-state index in [4.69, 9.17) is 0 Å². The van der Waals surface area contributed by atoms with E-state index >= 15 is 0 Å². The van der Waals surface area contributed by atoms with Gasteiger partial charge in [0.15, 0.2) is 5.16 Å². The Morgan fingerprint density at radius 1 is 1.57 bits per heavy atom. The molecule has 1 amide bonds. The number of aromatic nitrogens is 2. The second kappa shape index (κ2) is 6.03. The van der Waals surface area contributed by atoms with Gasteiger partial charge in [0.25, 0.3) is 5.56 Å². The van der Waals surface area contributed by atoms with Gasteiger partial charge in [-0.25, -0.2) is 4.98 Å². The Morgan fingerprint density at radius 3 is 3.19 bits per heavy atom. The van der Waals surface area contributed by atoms with Crippen LogP contribution in [0.5, 0.6) is 0 Å². The monoisotopic (exact) mass is 321 g/mol. The molecule has 3 rings (SSSR count). The molecule has 1 aliphatic heterocycles. The largest absolute Gasteiger partial charge is 0.351 e. The Morgan fingerprint density at radius 2 is 2.43 bits per heavy atom. The van der Waals surface area contributed by atoms with Gasteiger partial charge in [-0.3, -0.25) is 14.2 Å². The Labute approximate surface area is 130 Å². The molecule has 110 valence electrons. The second-order valence-corrected chi connectivity index (χ2v) is 6.94. The Hall–Kier alpha value is -1.60. The smallest absolute Gasteiger partial charge is 0.257 e. The van der Waals surface area contributed by atoms with Crippen LogP contribution in [0.4, 0.5) is 0 Å². The number of thioether (sulfide) groups is 1. The van der Waals surface area contributed by atoms with E-state index in [9.17, 15) is 9.59 Å². The van der Waals surface area contributed by atoms with Crippen LogP contribution < -0.4 is 10.9 Å². The van der Waals surface area contributed by atoms with Crippen LogP contribution in [0.1, 0.15) is 22.9 Å². The van der Waals surface area contributed by atoms with E-state index in [0.717, 1.165) is 10.6 Å². The fraction of sp³-hybridized carbons (Fsp3) is 0.357. The Bertz CT molecular complexity index is 710. The van der Waals surface area contributed by atoms with Crippen LogP contribution in [0, 0.1) is 6.92 Å². The molecule has 2 aromatic rings. The van der Waals surface area contributed by atoms with Gasteiger partial charge in [0, 0.05) is 28.8 Å². The number of nitrogens with one attached hydrogen (secondary N) is 1. The molecule has 0 saturated heterocycles. The molecule has 0 unspecified atom stereocenters. The Kier molecular flexibility index (Phi) is 4.12. The normalized spacial score (nSPS) is 16.7. The van der Waals surface area contributed by atoms with Gasteiger partial charge in [-0.2, -0.15) is 0 Å². The Balaban J connectivity index is 1.66. The van der Waals surface area contributed by atoms with Crippen molar-refractivity contribution in [1.82, 2.24) is 14.9 Å². The average molecular weight is 321 g/mol. The van der Waals surface area contributed by atoms with Gasteiger partial charge in [0.05, 0.1) is 12.6 Å². The van der Waals surface area contributed by atoms with Crippen molar-refractivity contribution in [3.05, 3.63) is 44.5 Å². The number of thiophene rings is 1. The summed E-state index contributed by atoms with van der Waals surface area (Å²) in [5.41, 5.74) is 0.575. The fourth-order valence-corrected chi connectivity index (χ4v) is 4.01. The van der Waals surface area contributed by atoms with Crippen LogP contribution in [0.15, 0.2) is 33.7 Å². The first-order valence-electron chi connectivity index (χ1n) is 6.65. The van der Waals surface area contributed by atoms with Crippen LogP contribution in [0.3, 0.4) is 0 Å². The SMILES string of the molecule is Cc1cnc2n(c1=O)[C@@H](CC(=O)NCc1cccs1)CS2. The zero-order valence-electron chi connectivity index (χ0n) is 11.5. The molecule has 0 radical (unpaired) electrons. The minimum atomic E-state index is -0.103. The number of fused-ring (bicyclic) bond motifs is 1. The van der Waals surface area contributed by atoms with Gasteiger partial charge in [0.1, 0.15) is 0 Å². The zero-order valence-corrected chi connectivity index (χ0v) is 13.2. The fourth-order valence-electron chi connectivity index (χ4n) is 2.26. The first-order valence-corrected chi connectivity index (χ1v) is 8.51. The average Bonchev–Trinajstić information content (AvgIpc) is 3.11. The lowest BCUT2D eigenvalue weighted by atomic mass is 10.2. The van der Waals surface area contributed by atoms with Crippen LogP contribution in [0.25, 0.3) is 0 Å². The quantitative estimate of drug-likeness (QED) is 0.875. The molecule has 3 heterocycles. The zero-order chi connectivity index (χ0) is 14.8. The van der Waals surface area contributed by atoms with Crippen molar-refractivity contribution in [2.24, 2.45) is 0 Å². The van der Waals surface area contributed by atoms with Crippen LogP contribution in [0.2, 0.25) is 0 Å². The number of carbonyl (C=O) groups is 1. The number of amides is 1. The number of nitrogens with zero attached hydrogens (tertiary/aromatic N) is 2. The van der Waals surface area contributed by atoms with Gasteiger partial charge >= 0.3 is 0 Å². The third kappa shape index (κ3) is 3.03. The van der Waals surface area contributed by atoms with E-state index < -0.39 is 0 Å². The molecule has 2 aromatic heterocycles. The summed E-state index contributed by atoms with van der Waals surface area (Å²) in [6, 6.07) is 3.85. The van der Waals surface area contributed by atoms with E-state index in [1.165, 1.54) is 11.8 Å². The molecular weight excluding hydrogens is 306 g/mol. The van der Waals surface area contributed by atoms with Crippen LogP contribution in [-0.2, 0) is 11.3 Å². The minimum Gasteiger partial charge on any atom is -0.351 e. The van der Waals surface area contributed by atoms with E-state index in [1.54, 1.807) is 29.0 Å². The standard InChI is InChI=1S/C14H15N3O2S2/c1-9-6-16-14-17(13(9)19)10(8-21-14)5-12(18)15-7-11-3-2-4-20-11/h2-4,6,10H,5,7-8H2,1H3,(H,15,18)/t10-/m0/s1. The summed E-state index contributed by atoms with van der Waals surface area (Å²) < 4.78 is 1.66. The summed E-state index contributed by atoms with van der Waals surface area (Å²) in [7, 11) is 0. The highest BCUT2D eigenvalue weighted by Crippen LogP contribution is 2.31. The van der Waals surface area contributed by atoms with Crippen LogP contribution >= 0.6 is 23.1 Å². The predicted molar refractivity (Wildman–Crippen MR) is 83.8 cm³/mol. The summed E-state index contributed by atoms with van der Waals surface area (Å²) in [6.07, 6.45) is 1.91. The van der Waals surface area contributed by atoms with Crippen molar-refractivity contribution >= 4 is 29.0 Å². The molecule has 0 bridgehead atoms. The van der Waals surface area contributed by atoms with E-state index in [2.05, 4.69) is 10.3 Å². The van der Waals surface area contributed by atoms with Crippen molar-refractivity contribution in [2.45, 2.75) is 31.1 Å². The van der Waals surface area contributed by atoms with Gasteiger partial charge in [-0.05, 0) is 18.4 Å². The maximum Gasteiger partial charge on any atom is 0.257 e. The molecule has 0 saturated carbocycles. The molecular formula is C14H15N3O2S2. The molecule has 7 heteroatoms. The third-order valence-corrected chi connectivity index (χ3v) is 5.35. The summed E-state index contributed by atoms with van der Waals surface area (Å²) in [5, 5.41) is 5.60. The van der Waals surface area contributed by atoms with Gasteiger partial charge < -0.3 is 5.32 Å². The first-order chi connectivity index (χ1) is 10.1. The molecule has 0 spiro atoms. The molecule has 1 N–H and O–H groups in total. The summed E-state index contributed by atoms with van der Waals surface area (Å²) in [4.78, 5) is 29.6. The highest BCUT2D eigenvalue weighted by molar-refractivity contribution is 7.99. The van der Waals surface area contributed by atoms with Crippen molar-refractivity contribution < 1.29 is 4.79 Å². The van der Waals surface area contributed by atoms with Crippen molar-refractivity contribution in [1.29, 1.82) is 0 Å². The highest BCUT2D eigenvalue weighted by Gasteiger charge is 2.27. The molecule has 1 aliphatic rings. The van der Waals surface area contributed by atoms with Gasteiger partial charge in [-0.1, -0.05) is 17.8 Å². The van der Waals surface area contributed by atoms with Crippen LogP contribution in [-0.4, -0.2) is 21.2 Å². The molecule has 0 aromatic carbocycles. The lowest BCUT2D eigenvalue weighted by Gasteiger charge is -2.13. The third-order valence-electron chi connectivity index (χ3n) is 3.36. The van der Waals surface area contributed by atoms with Gasteiger partial charge in [0.2, 0.25) is 5.91 Å². The van der Waals surface area contributed by atoms with Crippen molar-refractivity contribution in [2.75, 3.05) is 5.75 Å². The number of hydrogen-bond acceptors (Lipinski definition) is 5. The molecule has 0 aliphatic carbocycles. The summed E-state index contributed by atoms with van der Waals surface area (Å²) in [6.45, 7) is 2.30. The summed E-state index contributed by atoms with van der Waals surface area (Å²) >= 11 is 3.15. The van der Waals surface area contributed by atoms with E-state index in [0.29, 0.717) is 23.7 Å². The molecule has 5 nitrogen and oxygen atoms in total. The molecule has 21 heavy (non-hydrogen) atoms. The molecule has 0 fully saturated rings. The number of hydrogen-bond donors (Lipinski definition) is 1. The lowest BCUT2D eigenvalue weighted by molar-refractivity contribution is -0.121. The topological polar surface area (TPSA) is 64.0 Å². The second-order valence-electron chi connectivity index (χ2n) is 4.92. The lowest BCUT2D eigenvalue weighted by Crippen LogP contribution is -2.31. The van der Waals surface area contributed by atoms with E-state index in [-0.39, 0.29) is 17.5 Å². The minimum absolute atomic E-state index is 0.0322. The number of carbonyl (C=O) groups excluding carboxylic acids is 1. The maximum atomic E-state index is 12.2. The highest BCUT2D eigenvalue weighted by atomic mass is 32.2. The maximum absolute atomic E-state index is 12.2. The predicted octanol–water partition coefficient (Wildman–Crippen LogP) is 1.97. The van der Waals surface area contributed by atoms with Gasteiger partial charge in [-0.15, -0.1) is 11.3 Å². The molecule has 1 atom stereocenters. The van der Waals surface area contributed by atoms with Crippen molar-refractivity contribution in [3.8, 4) is 0 Å². The van der Waals surface area contributed by atoms with E-state index in [1.807, 2.05) is 17.5 Å².